The van der Waals surface area contributed by atoms with Crippen molar-refractivity contribution in [3.8, 4) is 0 Å². The van der Waals surface area contributed by atoms with Gasteiger partial charge >= 0.3 is 0 Å². The molecule has 0 aromatic rings. The molecule has 0 aliphatic carbocycles. The van der Waals surface area contributed by atoms with E-state index in [-0.39, 0.29) is 21.5 Å². The summed E-state index contributed by atoms with van der Waals surface area (Å²) in [4.78, 5) is 0. The van der Waals surface area contributed by atoms with Crippen molar-refractivity contribution in [2.24, 2.45) is 0 Å². The smallest absolute Gasteiger partial charge is 0.0514 e. The van der Waals surface area contributed by atoms with Gasteiger partial charge in [-0.15, -0.1) is 46.4 Å². The molecule has 0 saturated carbocycles. The van der Waals surface area contributed by atoms with E-state index in [2.05, 4.69) is 13.8 Å². The van der Waals surface area contributed by atoms with Crippen LogP contribution in [0.4, 0.5) is 0 Å². The Morgan fingerprint density at radius 1 is 0.524 bits per heavy atom. The Morgan fingerprint density at radius 2 is 0.905 bits per heavy atom. The third-order valence-electron chi connectivity index (χ3n) is 3.90. The Bertz CT molecular complexity index is 223. The molecule has 0 N–H and O–H groups in total. The number of halogens is 4. The third-order valence-corrected chi connectivity index (χ3v) is 6.17. The molecule has 0 bridgehead atoms. The summed E-state index contributed by atoms with van der Waals surface area (Å²) in [7, 11) is 0. The van der Waals surface area contributed by atoms with Gasteiger partial charge in [0.25, 0.3) is 0 Å². The monoisotopic (exact) mass is 376 g/mol. The molecular weight excluding hydrogens is 346 g/mol. The fourth-order valence-electron chi connectivity index (χ4n) is 2.40. The molecule has 0 aliphatic heterocycles. The number of alkyl halides is 4. The molecule has 4 heteroatoms. The average molecular weight is 378 g/mol. The van der Waals surface area contributed by atoms with Crippen molar-refractivity contribution in [2.45, 2.75) is 106 Å². The lowest BCUT2D eigenvalue weighted by Crippen LogP contribution is -2.24. The lowest BCUT2D eigenvalue weighted by molar-refractivity contribution is 0.549. The van der Waals surface area contributed by atoms with Gasteiger partial charge in [-0.1, -0.05) is 65.2 Å². The topological polar surface area (TPSA) is 0 Å². The van der Waals surface area contributed by atoms with Gasteiger partial charge in [-0.05, 0) is 19.3 Å². The van der Waals surface area contributed by atoms with Crippen LogP contribution in [0.5, 0.6) is 0 Å². The Balaban J connectivity index is 3.79. The summed E-state index contributed by atoms with van der Waals surface area (Å²) in [5, 5.41) is -0.137. The van der Waals surface area contributed by atoms with Gasteiger partial charge in [-0.25, -0.2) is 0 Å². The highest BCUT2D eigenvalue weighted by Crippen LogP contribution is 2.27. The fraction of sp³-hybridized carbons (Fsp3) is 1.00. The largest absolute Gasteiger partial charge is 0.121 e. The normalized spacial score (nSPS) is 17.4. The van der Waals surface area contributed by atoms with Gasteiger partial charge in [0.2, 0.25) is 0 Å². The fourth-order valence-corrected chi connectivity index (χ4v) is 3.65. The molecule has 0 nitrogen and oxygen atoms in total. The van der Waals surface area contributed by atoms with Gasteiger partial charge in [0, 0.05) is 10.8 Å². The van der Waals surface area contributed by atoms with Crippen molar-refractivity contribution in [3.63, 3.8) is 0 Å². The highest BCUT2D eigenvalue weighted by atomic mass is 35.5. The molecule has 0 radical (unpaired) electrons. The minimum Gasteiger partial charge on any atom is -0.121 e. The molecular formula is C17H32Cl4. The standard InChI is InChI=1S/C17H32Cl4/c1-3-5-7-8-10-12-15(19)17(21)13-16(20)14(18)11-9-6-4-2/h14-17H,3-13H2,1-2H3. The molecule has 0 saturated heterocycles. The first-order valence-electron chi connectivity index (χ1n) is 8.59. The van der Waals surface area contributed by atoms with Crippen LogP contribution in [0, 0.1) is 0 Å². The average Bonchev–Trinajstić information content (AvgIpc) is 2.46. The summed E-state index contributed by atoms with van der Waals surface area (Å²) in [6, 6.07) is 0. The predicted molar refractivity (Wildman–Crippen MR) is 101 cm³/mol. The summed E-state index contributed by atoms with van der Waals surface area (Å²) < 4.78 is 0. The van der Waals surface area contributed by atoms with Crippen molar-refractivity contribution in [1.82, 2.24) is 0 Å². The lowest BCUT2D eigenvalue weighted by Gasteiger charge is -2.22. The molecule has 21 heavy (non-hydrogen) atoms. The first-order chi connectivity index (χ1) is 10.0. The molecule has 0 aromatic carbocycles. The van der Waals surface area contributed by atoms with E-state index >= 15 is 0 Å². The van der Waals surface area contributed by atoms with E-state index in [1.807, 2.05) is 0 Å². The van der Waals surface area contributed by atoms with E-state index in [4.69, 9.17) is 46.4 Å². The van der Waals surface area contributed by atoms with E-state index in [9.17, 15) is 0 Å². The second kappa shape index (κ2) is 14.7. The molecule has 0 amide bonds. The van der Waals surface area contributed by atoms with Gasteiger partial charge in [0.15, 0.2) is 0 Å². The van der Waals surface area contributed by atoms with Crippen LogP contribution < -0.4 is 0 Å². The van der Waals surface area contributed by atoms with Crippen LogP contribution in [0.3, 0.4) is 0 Å². The molecule has 0 fully saturated rings. The molecule has 0 aliphatic rings. The first kappa shape index (κ1) is 22.2. The van der Waals surface area contributed by atoms with E-state index in [1.54, 1.807) is 0 Å². The molecule has 4 atom stereocenters. The summed E-state index contributed by atoms with van der Waals surface area (Å²) in [6.45, 7) is 4.41. The van der Waals surface area contributed by atoms with Crippen LogP contribution in [-0.4, -0.2) is 21.5 Å². The maximum absolute atomic E-state index is 6.40. The second-order valence-corrected chi connectivity index (χ2v) is 8.24. The van der Waals surface area contributed by atoms with E-state index in [0.717, 1.165) is 25.7 Å². The van der Waals surface area contributed by atoms with Crippen LogP contribution in [-0.2, 0) is 0 Å². The number of hydrogen-bond donors (Lipinski definition) is 0. The number of hydrogen-bond acceptors (Lipinski definition) is 0. The van der Waals surface area contributed by atoms with Crippen LogP contribution in [0.1, 0.15) is 84.5 Å². The first-order valence-corrected chi connectivity index (χ1v) is 10.3. The van der Waals surface area contributed by atoms with Crippen LogP contribution in [0.25, 0.3) is 0 Å². The minimum atomic E-state index is -0.0765. The van der Waals surface area contributed by atoms with Gasteiger partial charge in [-0.3, -0.25) is 0 Å². The van der Waals surface area contributed by atoms with Gasteiger partial charge in [-0.2, -0.15) is 0 Å². The van der Waals surface area contributed by atoms with Crippen molar-refractivity contribution in [3.05, 3.63) is 0 Å². The van der Waals surface area contributed by atoms with Crippen molar-refractivity contribution in [2.75, 3.05) is 0 Å². The summed E-state index contributed by atoms with van der Waals surface area (Å²) in [5.74, 6) is 0. The lowest BCUT2D eigenvalue weighted by atomic mass is 10.0. The van der Waals surface area contributed by atoms with Crippen LogP contribution in [0.2, 0.25) is 0 Å². The van der Waals surface area contributed by atoms with Crippen LogP contribution in [0.15, 0.2) is 0 Å². The molecule has 0 heterocycles. The molecule has 0 spiro atoms. The number of unbranched alkanes of at least 4 members (excludes halogenated alkanes) is 6. The highest BCUT2D eigenvalue weighted by Gasteiger charge is 2.24. The third kappa shape index (κ3) is 12.3. The van der Waals surface area contributed by atoms with Crippen LogP contribution >= 0.6 is 46.4 Å². The Morgan fingerprint density at radius 3 is 1.38 bits per heavy atom. The molecule has 0 rings (SSSR count). The SMILES string of the molecule is CCCCCCCC(Cl)C(Cl)CC(Cl)C(Cl)CCCCC. The molecule has 4 unspecified atom stereocenters. The maximum Gasteiger partial charge on any atom is 0.0514 e. The zero-order valence-electron chi connectivity index (χ0n) is 13.6. The maximum atomic E-state index is 6.40. The Labute approximate surface area is 152 Å². The summed E-state index contributed by atoms with van der Waals surface area (Å²) in [6.07, 6.45) is 12.5. The highest BCUT2D eigenvalue weighted by molar-refractivity contribution is 6.32. The van der Waals surface area contributed by atoms with Gasteiger partial charge < -0.3 is 0 Å². The summed E-state index contributed by atoms with van der Waals surface area (Å²) in [5.41, 5.74) is 0. The zero-order valence-corrected chi connectivity index (χ0v) is 16.6. The number of rotatable bonds is 14. The summed E-state index contributed by atoms with van der Waals surface area (Å²) >= 11 is 25.5. The second-order valence-electron chi connectivity index (χ2n) is 6.00. The van der Waals surface area contributed by atoms with E-state index in [0.29, 0.717) is 6.42 Å². The Kier molecular flexibility index (Phi) is 15.5. The molecule has 128 valence electrons. The Hall–Kier alpha value is 1.16. The van der Waals surface area contributed by atoms with E-state index < -0.39 is 0 Å². The van der Waals surface area contributed by atoms with Crippen molar-refractivity contribution in [1.29, 1.82) is 0 Å². The van der Waals surface area contributed by atoms with Gasteiger partial charge in [0.1, 0.15) is 0 Å². The molecule has 0 aromatic heterocycles. The van der Waals surface area contributed by atoms with E-state index in [1.165, 1.54) is 38.5 Å². The minimum absolute atomic E-state index is 0.00730. The zero-order chi connectivity index (χ0) is 16.1. The van der Waals surface area contributed by atoms with Gasteiger partial charge in [0.05, 0.1) is 10.8 Å². The van der Waals surface area contributed by atoms with Crippen molar-refractivity contribution < 1.29 is 0 Å². The predicted octanol–water partition coefficient (Wildman–Crippen LogP) is 7.75. The van der Waals surface area contributed by atoms with Crippen molar-refractivity contribution >= 4 is 46.4 Å². The quantitative estimate of drug-likeness (QED) is 0.214.